The summed E-state index contributed by atoms with van der Waals surface area (Å²) >= 11 is 6.55. The Labute approximate surface area is 366 Å². The number of benzene rings is 3. The van der Waals surface area contributed by atoms with Crippen LogP contribution >= 0.6 is 11.6 Å². The molecule has 61 heavy (non-hydrogen) atoms. The quantitative estimate of drug-likeness (QED) is 0.0530. The number of hydrogen-bond donors (Lipinski definition) is 4. The van der Waals surface area contributed by atoms with Gasteiger partial charge in [-0.1, -0.05) is 56.3 Å². The summed E-state index contributed by atoms with van der Waals surface area (Å²) in [6.07, 6.45) is 5.46. The first kappa shape index (κ1) is 45.2. The van der Waals surface area contributed by atoms with E-state index in [1.807, 2.05) is 70.2 Å². The second-order valence-corrected chi connectivity index (χ2v) is 18.4. The van der Waals surface area contributed by atoms with Gasteiger partial charge in [0.15, 0.2) is 5.82 Å². The van der Waals surface area contributed by atoms with E-state index in [4.69, 9.17) is 21.3 Å². The number of hydrogen-bond acceptors (Lipinski definition) is 11. The lowest BCUT2D eigenvalue weighted by molar-refractivity contribution is -0.121. The third-order valence-corrected chi connectivity index (χ3v) is 13.0. The van der Waals surface area contributed by atoms with E-state index >= 15 is 0 Å². The number of ether oxygens (including phenoxy) is 1. The second-order valence-electron chi connectivity index (χ2n) is 16.0. The molecule has 324 valence electrons. The number of fused-ring (bicyclic) bond motifs is 1. The molecular formula is C46H57ClN8O5S. The summed E-state index contributed by atoms with van der Waals surface area (Å²) in [5.41, 5.74) is 6.24. The van der Waals surface area contributed by atoms with Crippen LogP contribution in [0.3, 0.4) is 0 Å². The van der Waals surface area contributed by atoms with E-state index in [1.165, 1.54) is 10.5 Å². The largest absolute Gasteiger partial charge is 0.489 e. The Balaban J connectivity index is 1.06. The molecule has 1 saturated heterocycles. The van der Waals surface area contributed by atoms with E-state index in [0.717, 1.165) is 61.6 Å². The third-order valence-electron chi connectivity index (χ3n) is 11.0. The standard InChI is InChI=1S/C46H57ClN8O5S/c1-28(2)60-40-25-35(30(5)24-39(40)52-46-50-26-36(47)44(53-46)51-37-13-8-9-15-41(37)61(59)29(3)4)32-18-22-54(23-19-32)21-11-20-49-38-14-10-12-34-31(6)55(45(58)43(34)38)33(27-56)16-17-42(57)48-7/h8-10,12-15,24-29,32-33,49H,6,11,16-23H2,1-5,7H3,(H,48,57)(H2,50,51,52,53). The number of aldehydes is 1. The van der Waals surface area contributed by atoms with Gasteiger partial charge in [0.25, 0.3) is 5.91 Å². The van der Waals surface area contributed by atoms with E-state index in [-0.39, 0.29) is 36.0 Å². The summed E-state index contributed by atoms with van der Waals surface area (Å²) in [7, 11) is 0.334. The van der Waals surface area contributed by atoms with Gasteiger partial charge < -0.3 is 35.7 Å². The number of carbonyl (C=O) groups excluding carboxylic acids is 3. The van der Waals surface area contributed by atoms with Crippen molar-refractivity contribution in [2.45, 2.75) is 94.9 Å². The molecule has 0 bridgehead atoms. The average Bonchev–Trinajstić information content (AvgIpc) is 3.50. The highest BCUT2D eigenvalue weighted by Crippen LogP contribution is 2.40. The molecule has 0 saturated carbocycles. The predicted molar refractivity (Wildman–Crippen MR) is 245 cm³/mol. The summed E-state index contributed by atoms with van der Waals surface area (Å²) in [6, 6.07) is 16.5. The van der Waals surface area contributed by atoms with Crippen molar-refractivity contribution in [2.24, 2.45) is 0 Å². The fraction of sp³-hybridized carbons (Fsp3) is 0.413. The van der Waals surface area contributed by atoms with Crippen molar-refractivity contribution in [3.05, 3.63) is 94.6 Å². The molecule has 15 heteroatoms. The van der Waals surface area contributed by atoms with Crippen LogP contribution in [-0.2, 0) is 20.4 Å². The van der Waals surface area contributed by atoms with Gasteiger partial charge in [-0.05, 0) is 113 Å². The maximum absolute atomic E-state index is 13.6. The zero-order chi connectivity index (χ0) is 43.8. The lowest BCUT2D eigenvalue weighted by Gasteiger charge is -2.33. The van der Waals surface area contributed by atoms with Crippen molar-refractivity contribution in [1.82, 2.24) is 25.1 Å². The third kappa shape index (κ3) is 10.8. The molecule has 1 aromatic heterocycles. The van der Waals surface area contributed by atoms with Crippen LogP contribution in [-0.4, -0.2) is 92.7 Å². The minimum absolute atomic E-state index is 0.0558. The highest BCUT2D eigenvalue weighted by Gasteiger charge is 2.37. The molecule has 3 heterocycles. The number of nitrogens with one attached hydrogen (secondary N) is 4. The highest BCUT2D eigenvalue weighted by atomic mass is 35.5. The van der Waals surface area contributed by atoms with E-state index in [2.05, 4.69) is 56.8 Å². The Morgan fingerprint density at radius 2 is 1.79 bits per heavy atom. The number of piperidine rings is 1. The van der Waals surface area contributed by atoms with Gasteiger partial charge >= 0.3 is 0 Å². The van der Waals surface area contributed by atoms with E-state index < -0.39 is 16.8 Å². The summed E-state index contributed by atoms with van der Waals surface area (Å²) in [4.78, 5) is 51.2. The summed E-state index contributed by atoms with van der Waals surface area (Å²) in [6.45, 7) is 17.6. The minimum atomic E-state index is -1.21. The first-order chi connectivity index (χ1) is 29.3. The lowest BCUT2D eigenvalue weighted by Crippen LogP contribution is -2.37. The van der Waals surface area contributed by atoms with Crippen LogP contribution in [0, 0.1) is 6.92 Å². The molecule has 3 aromatic carbocycles. The Bertz CT molecular complexity index is 2280. The molecule has 2 unspecified atom stereocenters. The monoisotopic (exact) mass is 868 g/mol. The first-order valence-corrected chi connectivity index (χ1v) is 22.5. The molecular weight excluding hydrogens is 812 g/mol. The highest BCUT2D eigenvalue weighted by molar-refractivity contribution is 7.85. The normalized spacial score (nSPS) is 15.5. The van der Waals surface area contributed by atoms with Crippen LogP contribution in [0.2, 0.25) is 5.02 Å². The topological polar surface area (TPSA) is 158 Å². The van der Waals surface area contributed by atoms with E-state index in [9.17, 15) is 18.6 Å². The Morgan fingerprint density at radius 1 is 1.05 bits per heavy atom. The van der Waals surface area contributed by atoms with Gasteiger partial charge in [0.1, 0.15) is 17.1 Å². The zero-order valence-corrected chi connectivity index (χ0v) is 37.4. The van der Waals surface area contributed by atoms with Crippen molar-refractivity contribution in [2.75, 3.05) is 49.2 Å². The summed E-state index contributed by atoms with van der Waals surface area (Å²) < 4.78 is 19.4. The maximum atomic E-state index is 13.6. The molecule has 2 aliphatic heterocycles. The average molecular weight is 870 g/mol. The first-order valence-electron chi connectivity index (χ1n) is 20.9. The minimum Gasteiger partial charge on any atom is -0.489 e. The smallest absolute Gasteiger partial charge is 0.261 e. The Kier molecular flexibility index (Phi) is 15.2. The Morgan fingerprint density at radius 3 is 2.49 bits per heavy atom. The maximum Gasteiger partial charge on any atom is 0.261 e. The SMILES string of the molecule is C=C1c2cccc(NCCCN3CCC(c4cc(OC(C)C)c(Nc5ncc(Cl)c(Nc6ccccc6S(=O)C(C)C)n5)cc4C)CC3)c2C(=O)N1C(C=O)CCC(=O)NC. The van der Waals surface area contributed by atoms with Gasteiger partial charge in [0.2, 0.25) is 11.9 Å². The van der Waals surface area contributed by atoms with Crippen LogP contribution in [0.15, 0.2) is 72.3 Å². The van der Waals surface area contributed by atoms with Crippen LogP contribution in [0.25, 0.3) is 5.70 Å². The number of amides is 2. The number of para-hydroxylation sites is 1. The lowest BCUT2D eigenvalue weighted by atomic mass is 9.86. The van der Waals surface area contributed by atoms with Gasteiger partial charge in [-0.15, -0.1) is 0 Å². The number of aromatic nitrogens is 2. The molecule has 1 fully saturated rings. The van der Waals surface area contributed by atoms with Crippen molar-refractivity contribution in [3.8, 4) is 5.75 Å². The van der Waals surface area contributed by atoms with Crippen LogP contribution in [0.1, 0.15) is 92.8 Å². The molecule has 2 aliphatic rings. The van der Waals surface area contributed by atoms with Crippen LogP contribution < -0.4 is 26.0 Å². The van der Waals surface area contributed by atoms with Crippen LogP contribution in [0.5, 0.6) is 5.75 Å². The molecule has 6 rings (SSSR count). The van der Waals surface area contributed by atoms with Crippen molar-refractivity contribution in [3.63, 3.8) is 0 Å². The predicted octanol–water partition coefficient (Wildman–Crippen LogP) is 8.43. The number of halogens is 1. The van der Waals surface area contributed by atoms with Crippen LogP contribution in [0.4, 0.5) is 28.8 Å². The fourth-order valence-electron chi connectivity index (χ4n) is 7.90. The molecule has 2 amide bonds. The van der Waals surface area contributed by atoms with Crippen molar-refractivity contribution in [1.29, 1.82) is 0 Å². The molecule has 4 N–H and O–H groups in total. The molecule has 0 radical (unpaired) electrons. The summed E-state index contributed by atoms with van der Waals surface area (Å²) in [5.74, 6) is 1.37. The number of rotatable bonds is 19. The fourth-order valence-corrected chi connectivity index (χ4v) is 9.10. The Hall–Kier alpha value is -5.31. The van der Waals surface area contributed by atoms with Crippen molar-refractivity contribution < 1.29 is 23.3 Å². The van der Waals surface area contributed by atoms with Gasteiger partial charge in [0, 0.05) is 42.2 Å². The van der Waals surface area contributed by atoms with Gasteiger partial charge in [-0.3, -0.25) is 18.7 Å². The number of nitrogens with zero attached hydrogens (tertiary/aromatic N) is 4. The second kappa shape index (κ2) is 20.5. The summed E-state index contributed by atoms with van der Waals surface area (Å²) in [5, 5.41) is 13.0. The van der Waals surface area contributed by atoms with Crippen molar-refractivity contribution >= 4 is 75.0 Å². The van der Waals surface area contributed by atoms with E-state index in [0.29, 0.717) is 62.9 Å². The number of aryl methyl sites for hydroxylation is 1. The molecule has 4 aromatic rings. The van der Waals surface area contributed by atoms with Gasteiger partial charge in [0.05, 0.1) is 51.0 Å². The molecule has 13 nitrogen and oxygen atoms in total. The number of carbonyl (C=O) groups is 3. The number of likely N-dealkylation sites (tertiary alicyclic amines) is 1. The molecule has 0 spiro atoms. The molecule has 0 aliphatic carbocycles. The number of anilines is 5. The molecule has 2 atom stereocenters. The van der Waals surface area contributed by atoms with E-state index in [1.54, 1.807) is 13.2 Å². The van der Waals surface area contributed by atoms with Gasteiger partial charge in [-0.25, -0.2) is 4.98 Å². The van der Waals surface area contributed by atoms with Gasteiger partial charge in [-0.2, -0.15) is 4.98 Å². The zero-order valence-electron chi connectivity index (χ0n) is 35.8.